The highest BCUT2D eigenvalue weighted by atomic mass is 15.1. The Morgan fingerprint density at radius 1 is 1.42 bits per heavy atom. The largest absolute Gasteiger partial charge is 0.370 e. The van der Waals surface area contributed by atoms with E-state index in [0.717, 1.165) is 18.8 Å². The summed E-state index contributed by atoms with van der Waals surface area (Å²) >= 11 is 0. The van der Waals surface area contributed by atoms with Crippen molar-refractivity contribution in [3.8, 4) is 0 Å². The quantitative estimate of drug-likeness (QED) is 0.645. The van der Waals surface area contributed by atoms with Crippen molar-refractivity contribution in [2.24, 2.45) is 16.6 Å². The van der Waals surface area contributed by atoms with E-state index in [9.17, 15) is 0 Å². The highest BCUT2D eigenvalue weighted by Gasteiger charge is 2.18. The molecule has 104 valence electrons. The molecule has 1 aromatic rings. The van der Waals surface area contributed by atoms with Gasteiger partial charge in [0.2, 0.25) is 0 Å². The lowest BCUT2D eigenvalue weighted by atomic mass is 10.1. The molecule has 0 aromatic heterocycles. The Morgan fingerprint density at radius 2 is 2.21 bits per heavy atom. The number of guanidine groups is 1. The molecular weight excluding hydrogens is 236 g/mol. The van der Waals surface area contributed by atoms with Gasteiger partial charge in [-0.05, 0) is 63.0 Å². The van der Waals surface area contributed by atoms with Crippen LogP contribution in [0.2, 0.25) is 0 Å². The summed E-state index contributed by atoms with van der Waals surface area (Å²) in [5.41, 5.74) is 9.49. The molecule has 1 fully saturated rings. The minimum Gasteiger partial charge on any atom is -0.370 e. The first kappa shape index (κ1) is 13.9. The summed E-state index contributed by atoms with van der Waals surface area (Å²) in [5.74, 6) is 1.16. The van der Waals surface area contributed by atoms with Crippen LogP contribution in [0.25, 0.3) is 0 Å². The minimum absolute atomic E-state index is 0.512. The molecule has 0 spiro atoms. The fourth-order valence-electron chi connectivity index (χ4n) is 2.41. The Kier molecular flexibility index (Phi) is 4.43. The molecule has 0 aliphatic carbocycles. The van der Waals surface area contributed by atoms with Gasteiger partial charge in [0, 0.05) is 18.8 Å². The molecule has 1 atom stereocenters. The second kappa shape index (κ2) is 6.06. The van der Waals surface area contributed by atoms with Gasteiger partial charge in [0.25, 0.3) is 0 Å². The summed E-state index contributed by atoms with van der Waals surface area (Å²) in [4.78, 5) is 6.79. The lowest BCUT2D eigenvalue weighted by molar-refractivity contribution is 0.397. The normalized spacial score (nSPS) is 20.8. The molecule has 1 aliphatic rings. The van der Waals surface area contributed by atoms with Crippen LogP contribution in [0.5, 0.6) is 0 Å². The molecule has 4 heteroatoms. The van der Waals surface area contributed by atoms with Gasteiger partial charge in [-0.25, -0.2) is 0 Å². The minimum atomic E-state index is 0.512. The topological polar surface area (TPSA) is 53.6 Å². The monoisotopic (exact) mass is 260 g/mol. The molecule has 0 bridgehead atoms. The van der Waals surface area contributed by atoms with E-state index < -0.39 is 0 Å². The number of benzene rings is 1. The standard InChI is InChI=1S/C15H24N4/c1-11-4-5-14(8-12(11)2)18-15(16)17-9-13-6-7-19(3)10-13/h4-5,8,13H,6-7,9-10H2,1-3H3,(H3,16,17,18). The first-order valence-corrected chi connectivity index (χ1v) is 6.87. The molecule has 1 unspecified atom stereocenters. The highest BCUT2D eigenvalue weighted by Crippen LogP contribution is 2.15. The maximum atomic E-state index is 5.93. The summed E-state index contributed by atoms with van der Waals surface area (Å²) in [5, 5.41) is 3.16. The Hall–Kier alpha value is -1.55. The van der Waals surface area contributed by atoms with Crippen molar-refractivity contribution in [3.63, 3.8) is 0 Å². The number of hydrogen-bond donors (Lipinski definition) is 2. The average molecular weight is 260 g/mol. The zero-order chi connectivity index (χ0) is 13.8. The summed E-state index contributed by atoms with van der Waals surface area (Å²) in [6, 6.07) is 6.23. The molecule has 1 heterocycles. The van der Waals surface area contributed by atoms with Crippen LogP contribution in [0, 0.1) is 19.8 Å². The van der Waals surface area contributed by atoms with Crippen LogP contribution in [0.3, 0.4) is 0 Å². The van der Waals surface area contributed by atoms with Gasteiger partial charge in [0.05, 0.1) is 0 Å². The molecule has 0 amide bonds. The van der Waals surface area contributed by atoms with Crippen LogP contribution in [0.1, 0.15) is 17.5 Å². The lowest BCUT2D eigenvalue weighted by Crippen LogP contribution is -2.24. The first-order chi connectivity index (χ1) is 9.04. The van der Waals surface area contributed by atoms with Crippen molar-refractivity contribution >= 4 is 11.6 Å². The number of nitrogens with two attached hydrogens (primary N) is 1. The molecule has 1 aromatic carbocycles. The van der Waals surface area contributed by atoms with Crippen molar-refractivity contribution in [1.29, 1.82) is 0 Å². The number of hydrogen-bond acceptors (Lipinski definition) is 2. The zero-order valence-corrected chi connectivity index (χ0v) is 12.1. The van der Waals surface area contributed by atoms with Crippen LogP contribution in [0.15, 0.2) is 23.2 Å². The van der Waals surface area contributed by atoms with Crippen molar-refractivity contribution in [2.75, 3.05) is 32.0 Å². The number of aryl methyl sites for hydroxylation is 2. The molecule has 0 radical (unpaired) electrons. The van der Waals surface area contributed by atoms with E-state index in [-0.39, 0.29) is 0 Å². The number of nitrogens with zero attached hydrogens (tertiary/aromatic N) is 2. The molecular formula is C15H24N4. The van der Waals surface area contributed by atoms with E-state index >= 15 is 0 Å². The number of rotatable bonds is 3. The summed E-state index contributed by atoms with van der Waals surface area (Å²) < 4.78 is 0. The maximum Gasteiger partial charge on any atom is 0.193 e. The van der Waals surface area contributed by atoms with Crippen LogP contribution < -0.4 is 11.1 Å². The Balaban J connectivity index is 1.89. The van der Waals surface area contributed by atoms with Gasteiger partial charge in [-0.1, -0.05) is 6.07 Å². The van der Waals surface area contributed by atoms with E-state index in [1.807, 2.05) is 6.07 Å². The average Bonchev–Trinajstić information content (AvgIpc) is 2.77. The lowest BCUT2D eigenvalue weighted by Gasteiger charge is -2.10. The van der Waals surface area contributed by atoms with Crippen molar-refractivity contribution < 1.29 is 0 Å². The fourth-order valence-corrected chi connectivity index (χ4v) is 2.41. The third-order valence-electron chi connectivity index (χ3n) is 3.79. The van der Waals surface area contributed by atoms with Crippen LogP contribution in [0.4, 0.5) is 5.69 Å². The van der Waals surface area contributed by atoms with Gasteiger partial charge in [0.1, 0.15) is 0 Å². The number of anilines is 1. The summed E-state index contributed by atoms with van der Waals surface area (Å²) in [7, 11) is 2.15. The Morgan fingerprint density at radius 3 is 2.84 bits per heavy atom. The van der Waals surface area contributed by atoms with Gasteiger partial charge in [-0.3, -0.25) is 4.99 Å². The Bertz CT molecular complexity index is 467. The number of nitrogens with one attached hydrogen (secondary N) is 1. The van der Waals surface area contributed by atoms with Crippen molar-refractivity contribution in [3.05, 3.63) is 29.3 Å². The van der Waals surface area contributed by atoms with Crippen LogP contribution in [-0.2, 0) is 0 Å². The molecule has 3 N–H and O–H groups in total. The Labute approximate surface area is 115 Å². The van der Waals surface area contributed by atoms with Gasteiger partial charge in [-0.15, -0.1) is 0 Å². The van der Waals surface area contributed by atoms with Crippen molar-refractivity contribution in [1.82, 2.24) is 4.90 Å². The third kappa shape index (κ3) is 3.96. The number of aliphatic imine (C=N–C) groups is 1. The van der Waals surface area contributed by atoms with Gasteiger partial charge < -0.3 is 16.0 Å². The van der Waals surface area contributed by atoms with E-state index in [1.165, 1.54) is 24.1 Å². The van der Waals surface area contributed by atoms with Crippen LogP contribution >= 0.6 is 0 Å². The molecule has 4 nitrogen and oxygen atoms in total. The summed E-state index contributed by atoms with van der Waals surface area (Å²) in [6.45, 7) is 7.31. The maximum absolute atomic E-state index is 5.93. The molecule has 19 heavy (non-hydrogen) atoms. The number of likely N-dealkylation sites (tertiary alicyclic amines) is 1. The van der Waals surface area contributed by atoms with E-state index in [1.54, 1.807) is 0 Å². The van der Waals surface area contributed by atoms with E-state index in [4.69, 9.17) is 5.73 Å². The molecule has 1 saturated heterocycles. The zero-order valence-electron chi connectivity index (χ0n) is 12.1. The predicted octanol–water partition coefficient (Wildman–Crippen LogP) is 1.98. The van der Waals surface area contributed by atoms with Gasteiger partial charge >= 0.3 is 0 Å². The van der Waals surface area contributed by atoms with Crippen LogP contribution in [-0.4, -0.2) is 37.5 Å². The fraction of sp³-hybridized carbons (Fsp3) is 0.533. The molecule has 0 saturated carbocycles. The molecule has 1 aliphatic heterocycles. The van der Waals surface area contributed by atoms with Gasteiger partial charge in [-0.2, -0.15) is 0 Å². The van der Waals surface area contributed by atoms with E-state index in [2.05, 4.69) is 48.2 Å². The third-order valence-corrected chi connectivity index (χ3v) is 3.79. The summed E-state index contributed by atoms with van der Waals surface area (Å²) in [6.07, 6.45) is 1.22. The first-order valence-electron chi connectivity index (χ1n) is 6.87. The predicted molar refractivity (Wildman–Crippen MR) is 81.6 cm³/mol. The second-order valence-corrected chi connectivity index (χ2v) is 5.57. The van der Waals surface area contributed by atoms with E-state index in [0.29, 0.717) is 11.9 Å². The smallest absolute Gasteiger partial charge is 0.193 e. The van der Waals surface area contributed by atoms with Crippen molar-refractivity contribution in [2.45, 2.75) is 20.3 Å². The second-order valence-electron chi connectivity index (χ2n) is 5.57. The molecule has 2 rings (SSSR count). The highest BCUT2D eigenvalue weighted by molar-refractivity contribution is 5.92. The van der Waals surface area contributed by atoms with Gasteiger partial charge in [0.15, 0.2) is 5.96 Å². The SMILES string of the molecule is Cc1ccc(NC(N)=NCC2CCN(C)C2)cc1C.